The Hall–Kier alpha value is -1.06. The molecule has 3 aliphatic rings. The number of hydrogen-bond donors (Lipinski definition) is 0. The van der Waals surface area contributed by atoms with Gasteiger partial charge in [0, 0.05) is 23.9 Å². The second-order valence-electron chi connectivity index (χ2n) is 9.39. The number of fused-ring (bicyclic) bond motifs is 2. The minimum atomic E-state index is -0.460. The molecule has 0 aromatic heterocycles. The van der Waals surface area contributed by atoms with Crippen molar-refractivity contribution in [3.63, 3.8) is 0 Å². The van der Waals surface area contributed by atoms with Crippen molar-refractivity contribution in [1.82, 2.24) is 4.90 Å². The topological polar surface area (TPSA) is 46.6 Å². The largest absolute Gasteiger partial charge is 0.444 e. The Labute approximate surface area is 152 Å². The maximum Gasteiger partial charge on any atom is 0.410 e. The normalized spacial score (nSPS) is 31.3. The van der Waals surface area contributed by atoms with E-state index in [-0.39, 0.29) is 30.0 Å². The molecule has 0 radical (unpaired) electrons. The van der Waals surface area contributed by atoms with Crippen LogP contribution in [-0.4, -0.2) is 34.5 Å². The lowest BCUT2D eigenvalue weighted by atomic mass is 9.73. The number of piperidine rings is 2. The first kappa shape index (κ1) is 18.7. The van der Waals surface area contributed by atoms with E-state index >= 15 is 0 Å². The predicted octanol–water partition coefficient (Wildman–Crippen LogP) is 5.09. The molecule has 3 fully saturated rings. The molecular formula is C21H35NO3. The Morgan fingerprint density at radius 2 is 1.36 bits per heavy atom. The molecule has 2 bridgehead atoms. The first-order valence-corrected chi connectivity index (χ1v) is 10.4. The highest BCUT2D eigenvalue weighted by molar-refractivity contribution is 5.84. The van der Waals surface area contributed by atoms with E-state index in [9.17, 15) is 9.59 Å². The first-order chi connectivity index (χ1) is 11.8. The molecule has 2 saturated heterocycles. The number of ketones is 1. The van der Waals surface area contributed by atoms with Crippen LogP contribution < -0.4 is 0 Å². The van der Waals surface area contributed by atoms with Crippen molar-refractivity contribution in [1.29, 1.82) is 0 Å². The van der Waals surface area contributed by atoms with Crippen LogP contribution in [0.5, 0.6) is 0 Å². The number of carbonyl (C=O) groups is 2. The van der Waals surface area contributed by atoms with Gasteiger partial charge in [-0.15, -0.1) is 0 Å². The average molecular weight is 350 g/mol. The van der Waals surface area contributed by atoms with Crippen LogP contribution >= 0.6 is 0 Å². The van der Waals surface area contributed by atoms with Gasteiger partial charge in [-0.2, -0.15) is 0 Å². The molecule has 2 aliphatic heterocycles. The molecule has 2 atom stereocenters. The highest BCUT2D eigenvalue weighted by Gasteiger charge is 2.45. The molecule has 2 unspecified atom stereocenters. The van der Waals surface area contributed by atoms with Crippen LogP contribution in [0.3, 0.4) is 0 Å². The number of hydrogen-bond acceptors (Lipinski definition) is 3. The zero-order valence-corrected chi connectivity index (χ0v) is 16.3. The summed E-state index contributed by atoms with van der Waals surface area (Å²) in [6.07, 6.45) is 11.9. The first-order valence-electron chi connectivity index (χ1n) is 10.4. The Bertz CT molecular complexity index is 474. The highest BCUT2D eigenvalue weighted by atomic mass is 16.6. The van der Waals surface area contributed by atoms with Crippen molar-refractivity contribution in [2.75, 3.05) is 0 Å². The molecule has 0 aromatic rings. The van der Waals surface area contributed by atoms with Crippen molar-refractivity contribution in [2.24, 2.45) is 11.8 Å². The molecule has 25 heavy (non-hydrogen) atoms. The molecule has 1 aliphatic carbocycles. The maximum atomic E-state index is 13.1. The number of rotatable bonds is 2. The lowest BCUT2D eigenvalue weighted by molar-refractivity contribution is -0.131. The Morgan fingerprint density at radius 3 is 1.88 bits per heavy atom. The van der Waals surface area contributed by atoms with Crippen molar-refractivity contribution in [3.05, 3.63) is 0 Å². The highest BCUT2D eigenvalue weighted by Crippen LogP contribution is 2.40. The maximum absolute atomic E-state index is 13.1. The summed E-state index contributed by atoms with van der Waals surface area (Å²) in [6, 6.07) is 0.393. The molecule has 1 saturated carbocycles. The van der Waals surface area contributed by atoms with Crippen molar-refractivity contribution in [3.8, 4) is 0 Å². The van der Waals surface area contributed by atoms with Crippen LogP contribution in [0.25, 0.3) is 0 Å². The summed E-state index contributed by atoms with van der Waals surface area (Å²) in [7, 11) is 0. The summed E-state index contributed by atoms with van der Waals surface area (Å²) in [4.78, 5) is 27.8. The molecular weight excluding hydrogens is 314 g/mol. The van der Waals surface area contributed by atoms with E-state index in [4.69, 9.17) is 4.74 Å². The molecule has 4 heteroatoms. The van der Waals surface area contributed by atoms with Gasteiger partial charge in [0.2, 0.25) is 0 Å². The van der Waals surface area contributed by atoms with Gasteiger partial charge < -0.3 is 9.64 Å². The molecule has 1 amide bonds. The average Bonchev–Trinajstić information content (AvgIpc) is 2.80. The monoisotopic (exact) mass is 349 g/mol. The smallest absolute Gasteiger partial charge is 0.410 e. The van der Waals surface area contributed by atoms with Crippen molar-refractivity contribution >= 4 is 11.9 Å². The van der Waals surface area contributed by atoms with Gasteiger partial charge in [0.05, 0.1) is 0 Å². The minimum absolute atomic E-state index is 0.164. The van der Waals surface area contributed by atoms with Crippen molar-refractivity contribution in [2.45, 2.75) is 109 Å². The summed E-state index contributed by atoms with van der Waals surface area (Å²) < 4.78 is 5.64. The third-order valence-corrected chi connectivity index (χ3v) is 6.24. The standard InChI is InChI=1S/C21H35NO3/c1-21(2,3)25-20(24)22-17-11-8-12-18(22)14-16(13-17)19(23)15-9-6-4-5-7-10-15/h15-18H,4-14H2,1-3H3. The van der Waals surface area contributed by atoms with Gasteiger partial charge in [0.15, 0.2) is 0 Å². The summed E-state index contributed by atoms with van der Waals surface area (Å²) in [5.41, 5.74) is -0.460. The summed E-state index contributed by atoms with van der Waals surface area (Å²) >= 11 is 0. The molecule has 3 rings (SSSR count). The fourth-order valence-corrected chi connectivity index (χ4v) is 5.12. The van der Waals surface area contributed by atoms with Gasteiger partial charge in [-0.3, -0.25) is 4.79 Å². The molecule has 0 N–H and O–H groups in total. The van der Waals surface area contributed by atoms with Gasteiger partial charge in [0.1, 0.15) is 11.4 Å². The molecule has 4 nitrogen and oxygen atoms in total. The number of ether oxygens (including phenoxy) is 1. The third kappa shape index (κ3) is 4.57. The minimum Gasteiger partial charge on any atom is -0.444 e. The van der Waals surface area contributed by atoms with Gasteiger partial charge in [-0.05, 0) is 65.7 Å². The zero-order chi connectivity index (χ0) is 18.0. The summed E-state index contributed by atoms with van der Waals surface area (Å²) in [6.45, 7) is 5.76. The molecule has 0 aromatic carbocycles. The van der Waals surface area contributed by atoms with Crippen LogP contribution in [0.1, 0.15) is 91.4 Å². The number of Topliss-reactive ketones (excluding diaryl/α,β-unsaturated/α-hetero) is 1. The van der Waals surface area contributed by atoms with Gasteiger partial charge in [-0.1, -0.05) is 25.7 Å². The van der Waals surface area contributed by atoms with E-state index < -0.39 is 5.60 Å². The van der Waals surface area contributed by atoms with Crippen LogP contribution in [0.4, 0.5) is 4.79 Å². The Kier molecular flexibility index (Phi) is 5.75. The van der Waals surface area contributed by atoms with E-state index in [0.29, 0.717) is 5.78 Å². The number of carbonyl (C=O) groups excluding carboxylic acids is 2. The second-order valence-corrected chi connectivity index (χ2v) is 9.39. The fourth-order valence-electron chi connectivity index (χ4n) is 5.12. The quantitative estimate of drug-likeness (QED) is 0.652. The summed E-state index contributed by atoms with van der Waals surface area (Å²) in [5, 5.41) is 0. The van der Waals surface area contributed by atoms with Gasteiger partial charge in [0.25, 0.3) is 0 Å². The van der Waals surface area contributed by atoms with Crippen LogP contribution in [0.2, 0.25) is 0 Å². The van der Waals surface area contributed by atoms with E-state index in [1.54, 1.807) is 0 Å². The van der Waals surface area contributed by atoms with Crippen LogP contribution in [-0.2, 0) is 9.53 Å². The van der Waals surface area contributed by atoms with E-state index in [1.165, 1.54) is 32.1 Å². The lowest BCUT2D eigenvalue weighted by Crippen LogP contribution is -2.57. The van der Waals surface area contributed by atoms with Crippen LogP contribution in [0.15, 0.2) is 0 Å². The SMILES string of the molecule is CC(C)(C)OC(=O)N1C2CCCC1CC(C(=O)C1CCCCCC1)C2. The molecule has 0 spiro atoms. The van der Waals surface area contributed by atoms with Crippen molar-refractivity contribution < 1.29 is 14.3 Å². The number of nitrogens with zero attached hydrogens (tertiary/aromatic N) is 1. The molecule has 2 heterocycles. The van der Waals surface area contributed by atoms with E-state index in [0.717, 1.165) is 38.5 Å². The second kappa shape index (κ2) is 7.67. The Balaban J connectivity index is 1.66. The third-order valence-electron chi connectivity index (χ3n) is 6.24. The Morgan fingerprint density at radius 1 is 0.800 bits per heavy atom. The molecule has 142 valence electrons. The number of amides is 1. The van der Waals surface area contributed by atoms with Gasteiger partial charge >= 0.3 is 6.09 Å². The lowest BCUT2D eigenvalue weighted by Gasteiger charge is -2.48. The predicted molar refractivity (Wildman–Crippen MR) is 98.4 cm³/mol. The fraction of sp³-hybridized carbons (Fsp3) is 0.905. The van der Waals surface area contributed by atoms with E-state index in [1.807, 2.05) is 25.7 Å². The zero-order valence-electron chi connectivity index (χ0n) is 16.3. The van der Waals surface area contributed by atoms with E-state index in [2.05, 4.69) is 0 Å². The summed E-state index contributed by atoms with van der Waals surface area (Å²) in [5.74, 6) is 0.945. The van der Waals surface area contributed by atoms with Gasteiger partial charge in [-0.25, -0.2) is 4.79 Å². The van der Waals surface area contributed by atoms with Crippen LogP contribution in [0, 0.1) is 11.8 Å².